The largest absolute Gasteiger partial charge is 0.461 e. The molecule has 0 bridgehead atoms. The predicted octanol–water partition coefficient (Wildman–Crippen LogP) is 4.24. The highest BCUT2D eigenvalue weighted by Gasteiger charge is 2.17. The SMILES string of the molecule is CC(C)COC(=O)c1[nH]c2ccc(Cl)cc2c1I. The smallest absolute Gasteiger partial charge is 0.355 e. The fourth-order valence-electron chi connectivity index (χ4n) is 1.59. The lowest BCUT2D eigenvalue weighted by molar-refractivity contribution is 0.0452. The van der Waals surface area contributed by atoms with Gasteiger partial charge in [-0.05, 0) is 46.7 Å². The van der Waals surface area contributed by atoms with E-state index < -0.39 is 0 Å². The Morgan fingerprint density at radius 3 is 2.89 bits per heavy atom. The Bertz CT molecular complexity index is 592. The monoisotopic (exact) mass is 377 g/mol. The van der Waals surface area contributed by atoms with Gasteiger partial charge in [-0.2, -0.15) is 0 Å². The molecule has 0 spiro atoms. The molecule has 0 saturated carbocycles. The Hall–Kier alpha value is -0.750. The second-order valence-corrected chi connectivity index (χ2v) is 6.01. The van der Waals surface area contributed by atoms with Gasteiger partial charge in [-0.15, -0.1) is 0 Å². The summed E-state index contributed by atoms with van der Waals surface area (Å²) in [6.07, 6.45) is 0. The first-order valence-corrected chi connectivity index (χ1v) is 7.08. The second-order valence-electron chi connectivity index (χ2n) is 4.50. The average molecular weight is 378 g/mol. The van der Waals surface area contributed by atoms with Gasteiger partial charge in [0.25, 0.3) is 0 Å². The van der Waals surface area contributed by atoms with Crippen LogP contribution in [0, 0.1) is 9.49 Å². The Labute approximate surface area is 124 Å². The lowest BCUT2D eigenvalue weighted by Crippen LogP contribution is -2.11. The van der Waals surface area contributed by atoms with Crippen molar-refractivity contribution in [1.82, 2.24) is 4.98 Å². The maximum absolute atomic E-state index is 11.9. The zero-order chi connectivity index (χ0) is 13.3. The first-order valence-electron chi connectivity index (χ1n) is 5.63. The summed E-state index contributed by atoms with van der Waals surface area (Å²) in [5.41, 5.74) is 1.38. The molecule has 0 aliphatic heterocycles. The van der Waals surface area contributed by atoms with Crippen molar-refractivity contribution in [3.05, 3.63) is 32.5 Å². The van der Waals surface area contributed by atoms with Crippen LogP contribution >= 0.6 is 34.2 Å². The number of rotatable bonds is 3. The lowest BCUT2D eigenvalue weighted by Gasteiger charge is -2.05. The fourth-order valence-corrected chi connectivity index (χ4v) is 2.56. The summed E-state index contributed by atoms with van der Waals surface area (Å²) in [6.45, 7) is 4.43. The molecule has 2 rings (SSSR count). The summed E-state index contributed by atoms with van der Waals surface area (Å²) < 4.78 is 6.07. The minimum absolute atomic E-state index is 0.319. The molecule has 1 heterocycles. The third-order valence-corrected chi connectivity index (χ3v) is 3.80. The van der Waals surface area contributed by atoms with Crippen LogP contribution in [-0.4, -0.2) is 17.6 Å². The highest BCUT2D eigenvalue weighted by Crippen LogP contribution is 2.27. The second kappa shape index (κ2) is 5.48. The number of carbonyl (C=O) groups excluding carboxylic acids is 1. The number of nitrogens with one attached hydrogen (secondary N) is 1. The van der Waals surface area contributed by atoms with Gasteiger partial charge >= 0.3 is 5.97 Å². The molecule has 3 nitrogen and oxygen atoms in total. The molecule has 96 valence electrons. The molecular formula is C13H13ClINO2. The highest BCUT2D eigenvalue weighted by molar-refractivity contribution is 14.1. The van der Waals surface area contributed by atoms with Crippen LogP contribution in [0.3, 0.4) is 0 Å². The topological polar surface area (TPSA) is 42.1 Å². The summed E-state index contributed by atoms with van der Waals surface area (Å²) >= 11 is 8.08. The van der Waals surface area contributed by atoms with Crippen LogP contribution in [0.4, 0.5) is 0 Å². The van der Waals surface area contributed by atoms with E-state index in [-0.39, 0.29) is 5.97 Å². The molecule has 1 aromatic heterocycles. The van der Waals surface area contributed by atoms with Crippen molar-refractivity contribution in [2.24, 2.45) is 5.92 Å². The molecule has 0 saturated heterocycles. The number of carbonyl (C=O) groups is 1. The summed E-state index contributed by atoms with van der Waals surface area (Å²) in [5, 5.41) is 1.60. The first kappa shape index (κ1) is 13.7. The van der Waals surface area contributed by atoms with Crippen molar-refractivity contribution in [1.29, 1.82) is 0 Å². The van der Waals surface area contributed by atoms with Crippen LogP contribution in [-0.2, 0) is 4.74 Å². The number of aromatic nitrogens is 1. The molecule has 0 fully saturated rings. The van der Waals surface area contributed by atoms with Gasteiger partial charge in [0.2, 0.25) is 0 Å². The number of hydrogen-bond acceptors (Lipinski definition) is 2. The van der Waals surface area contributed by atoms with Gasteiger partial charge in [0.05, 0.1) is 10.2 Å². The van der Waals surface area contributed by atoms with E-state index in [0.717, 1.165) is 14.5 Å². The van der Waals surface area contributed by atoms with Gasteiger partial charge in [0.15, 0.2) is 0 Å². The predicted molar refractivity (Wildman–Crippen MR) is 81.1 cm³/mol. The number of fused-ring (bicyclic) bond motifs is 1. The Balaban J connectivity index is 2.34. The average Bonchev–Trinajstić information content (AvgIpc) is 2.64. The van der Waals surface area contributed by atoms with Gasteiger partial charge in [-0.25, -0.2) is 4.79 Å². The van der Waals surface area contributed by atoms with Gasteiger partial charge in [0, 0.05) is 15.9 Å². The summed E-state index contributed by atoms with van der Waals surface area (Å²) in [6, 6.07) is 5.49. The Morgan fingerprint density at radius 1 is 1.50 bits per heavy atom. The first-order chi connectivity index (χ1) is 8.49. The van der Waals surface area contributed by atoms with Crippen molar-refractivity contribution < 1.29 is 9.53 Å². The van der Waals surface area contributed by atoms with Gasteiger partial charge < -0.3 is 9.72 Å². The van der Waals surface area contributed by atoms with Crippen molar-refractivity contribution in [3.8, 4) is 0 Å². The number of aromatic amines is 1. The minimum atomic E-state index is -0.319. The summed E-state index contributed by atoms with van der Waals surface area (Å²) in [4.78, 5) is 15.0. The van der Waals surface area contributed by atoms with E-state index in [1.54, 1.807) is 6.07 Å². The highest BCUT2D eigenvalue weighted by atomic mass is 127. The van der Waals surface area contributed by atoms with E-state index in [1.165, 1.54) is 0 Å². The van der Waals surface area contributed by atoms with Crippen molar-refractivity contribution in [2.45, 2.75) is 13.8 Å². The number of hydrogen-bond donors (Lipinski definition) is 1. The molecule has 0 amide bonds. The maximum atomic E-state index is 11.9. The molecule has 0 aliphatic carbocycles. The van der Waals surface area contributed by atoms with E-state index in [0.29, 0.717) is 23.2 Å². The van der Waals surface area contributed by atoms with Crippen LogP contribution in [0.1, 0.15) is 24.3 Å². The van der Waals surface area contributed by atoms with E-state index in [2.05, 4.69) is 27.6 Å². The molecule has 0 atom stereocenters. The van der Waals surface area contributed by atoms with Gasteiger partial charge in [-0.3, -0.25) is 0 Å². The van der Waals surface area contributed by atoms with E-state index in [9.17, 15) is 4.79 Å². The minimum Gasteiger partial charge on any atom is -0.461 e. The number of H-pyrrole nitrogens is 1. The number of ether oxygens (including phenoxy) is 1. The summed E-state index contributed by atoms with van der Waals surface area (Å²) in [5.74, 6) is 0.00542. The molecule has 0 aliphatic rings. The fraction of sp³-hybridized carbons (Fsp3) is 0.308. The van der Waals surface area contributed by atoms with Crippen LogP contribution in [0.15, 0.2) is 18.2 Å². The zero-order valence-electron chi connectivity index (χ0n) is 10.1. The van der Waals surface area contributed by atoms with E-state index in [1.807, 2.05) is 26.0 Å². The maximum Gasteiger partial charge on any atom is 0.355 e. The molecule has 1 N–H and O–H groups in total. The molecule has 18 heavy (non-hydrogen) atoms. The van der Waals surface area contributed by atoms with Crippen molar-refractivity contribution in [3.63, 3.8) is 0 Å². The van der Waals surface area contributed by atoms with Crippen LogP contribution in [0.25, 0.3) is 10.9 Å². The quantitative estimate of drug-likeness (QED) is 0.642. The Morgan fingerprint density at radius 2 is 2.22 bits per heavy atom. The molecular weight excluding hydrogens is 365 g/mol. The van der Waals surface area contributed by atoms with Gasteiger partial charge in [-0.1, -0.05) is 25.4 Å². The number of benzene rings is 1. The third-order valence-electron chi connectivity index (χ3n) is 2.45. The number of esters is 1. The van der Waals surface area contributed by atoms with Crippen molar-refractivity contribution >= 4 is 51.1 Å². The van der Waals surface area contributed by atoms with Crippen LogP contribution < -0.4 is 0 Å². The number of halogens is 2. The third kappa shape index (κ3) is 2.80. The summed E-state index contributed by atoms with van der Waals surface area (Å²) in [7, 11) is 0. The van der Waals surface area contributed by atoms with E-state index in [4.69, 9.17) is 16.3 Å². The van der Waals surface area contributed by atoms with Crippen molar-refractivity contribution in [2.75, 3.05) is 6.61 Å². The standard InChI is InChI=1S/C13H13ClINO2/c1-7(2)6-18-13(17)12-11(15)9-5-8(14)3-4-10(9)16-12/h3-5,7,16H,6H2,1-2H3. The molecule has 2 aromatic rings. The van der Waals surface area contributed by atoms with E-state index >= 15 is 0 Å². The van der Waals surface area contributed by atoms with Crippen LogP contribution in [0.2, 0.25) is 5.02 Å². The lowest BCUT2D eigenvalue weighted by atomic mass is 10.2. The van der Waals surface area contributed by atoms with Crippen LogP contribution in [0.5, 0.6) is 0 Å². The Kier molecular flexibility index (Phi) is 4.17. The molecule has 0 unspecified atom stereocenters. The van der Waals surface area contributed by atoms with Gasteiger partial charge in [0.1, 0.15) is 5.69 Å². The normalized spacial score (nSPS) is 11.2. The molecule has 1 aromatic carbocycles. The molecule has 5 heteroatoms. The zero-order valence-corrected chi connectivity index (χ0v) is 13.0. The molecule has 0 radical (unpaired) electrons.